The van der Waals surface area contributed by atoms with Gasteiger partial charge in [0.05, 0.1) is 13.2 Å². The monoisotopic (exact) mass is 292 g/mol. The quantitative estimate of drug-likeness (QED) is 0.876. The second-order valence-corrected chi connectivity index (χ2v) is 6.71. The molecule has 0 unspecified atom stereocenters. The van der Waals surface area contributed by atoms with E-state index in [1.54, 1.807) is 14.0 Å². The third kappa shape index (κ3) is 6.17. The number of hydrogen-bond acceptors (Lipinski definition) is 3. The van der Waals surface area contributed by atoms with Gasteiger partial charge in [0.2, 0.25) is 5.91 Å². The van der Waals surface area contributed by atoms with Crippen molar-refractivity contribution in [1.82, 2.24) is 4.90 Å². The molecule has 1 rings (SSSR count). The van der Waals surface area contributed by atoms with Crippen LogP contribution >= 0.6 is 0 Å². The summed E-state index contributed by atoms with van der Waals surface area (Å²) in [6, 6.07) is 7.49. The maximum Gasteiger partial charge on any atom is 0.239 e. The standard InChI is InChI=1S/C17H28N2O2/c1-13(18)16(20)19(12-17(2,3)4)11-10-14-6-8-15(21-5)9-7-14/h6-9,13H,10-12,18H2,1-5H3/t13-/m0/s1. The lowest BCUT2D eigenvalue weighted by atomic mass is 9.95. The topological polar surface area (TPSA) is 55.6 Å². The van der Waals surface area contributed by atoms with E-state index in [-0.39, 0.29) is 11.3 Å². The van der Waals surface area contributed by atoms with E-state index in [0.29, 0.717) is 13.1 Å². The van der Waals surface area contributed by atoms with E-state index in [1.165, 1.54) is 5.56 Å². The van der Waals surface area contributed by atoms with Crippen molar-refractivity contribution in [3.8, 4) is 5.75 Å². The van der Waals surface area contributed by atoms with Crippen LogP contribution in [0.1, 0.15) is 33.3 Å². The van der Waals surface area contributed by atoms with E-state index in [4.69, 9.17) is 10.5 Å². The van der Waals surface area contributed by atoms with Crippen molar-refractivity contribution in [2.45, 2.75) is 40.2 Å². The summed E-state index contributed by atoms with van der Waals surface area (Å²) in [4.78, 5) is 14.1. The van der Waals surface area contributed by atoms with Crippen LogP contribution in [-0.2, 0) is 11.2 Å². The highest BCUT2D eigenvalue weighted by Crippen LogP contribution is 2.17. The van der Waals surface area contributed by atoms with Crippen LogP contribution in [0.5, 0.6) is 5.75 Å². The lowest BCUT2D eigenvalue weighted by molar-refractivity contribution is -0.133. The van der Waals surface area contributed by atoms with Gasteiger partial charge in [-0.15, -0.1) is 0 Å². The van der Waals surface area contributed by atoms with Gasteiger partial charge in [0.25, 0.3) is 0 Å². The number of methoxy groups -OCH3 is 1. The minimum Gasteiger partial charge on any atom is -0.497 e. The Morgan fingerprint density at radius 2 is 1.86 bits per heavy atom. The Bertz CT molecular complexity index is 447. The number of amides is 1. The van der Waals surface area contributed by atoms with Crippen LogP contribution in [0.2, 0.25) is 0 Å². The Morgan fingerprint density at radius 3 is 2.29 bits per heavy atom. The average Bonchev–Trinajstić information content (AvgIpc) is 2.41. The Labute approximate surface area is 128 Å². The Hall–Kier alpha value is -1.55. The highest BCUT2D eigenvalue weighted by atomic mass is 16.5. The third-order valence-electron chi connectivity index (χ3n) is 3.20. The van der Waals surface area contributed by atoms with Crippen molar-refractivity contribution in [3.05, 3.63) is 29.8 Å². The molecule has 1 aromatic rings. The van der Waals surface area contributed by atoms with Crippen LogP contribution in [0.3, 0.4) is 0 Å². The van der Waals surface area contributed by atoms with Gasteiger partial charge in [-0.1, -0.05) is 32.9 Å². The van der Waals surface area contributed by atoms with E-state index >= 15 is 0 Å². The first kappa shape index (κ1) is 17.5. The van der Waals surface area contributed by atoms with Gasteiger partial charge in [-0.3, -0.25) is 4.79 Å². The molecule has 0 aromatic heterocycles. The maximum atomic E-state index is 12.2. The summed E-state index contributed by atoms with van der Waals surface area (Å²) in [5.74, 6) is 0.857. The van der Waals surface area contributed by atoms with Gasteiger partial charge >= 0.3 is 0 Å². The number of carbonyl (C=O) groups excluding carboxylic acids is 1. The minimum absolute atomic E-state index is 0.0124. The first-order valence-corrected chi connectivity index (χ1v) is 7.40. The van der Waals surface area contributed by atoms with Gasteiger partial charge < -0.3 is 15.4 Å². The highest BCUT2D eigenvalue weighted by molar-refractivity contribution is 5.81. The van der Waals surface area contributed by atoms with Gasteiger partial charge in [0, 0.05) is 13.1 Å². The van der Waals surface area contributed by atoms with Crippen molar-refractivity contribution in [1.29, 1.82) is 0 Å². The molecule has 0 saturated heterocycles. The minimum atomic E-state index is -0.455. The number of nitrogens with two attached hydrogens (primary N) is 1. The largest absolute Gasteiger partial charge is 0.497 e. The normalized spacial score (nSPS) is 12.9. The molecular formula is C17H28N2O2. The number of nitrogens with zero attached hydrogens (tertiary/aromatic N) is 1. The number of benzene rings is 1. The van der Waals surface area contributed by atoms with Gasteiger partial charge in [0.1, 0.15) is 5.75 Å². The molecule has 0 aliphatic carbocycles. The van der Waals surface area contributed by atoms with Gasteiger partial charge in [-0.05, 0) is 36.5 Å². The fraction of sp³-hybridized carbons (Fsp3) is 0.588. The summed E-state index contributed by atoms with van der Waals surface area (Å²) < 4.78 is 5.15. The molecule has 2 N–H and O–H groups in total. The smallest absolute Gasteiger partial charge is 0.239 e. The highest BCUT2D eigenvalue weighted by Gasteiger charge is 2.22. The molecule has 0 saturated carbocycles. The van der Waals surface area contributed by atoms with Crippen LogP contribution in [0, 0.1) is 5.41 Å². The second kappa shape index (κ2) is 7.46. The number of rotatable bonds is 6. The van der Waals surface area contributed by atoms with Crippen LogP contribution in [-0.4, -0.2) is 37.0 Å². The predicted molar refractivity (Wildman–Crippen MR) is 86.4 cm³/mol. The predicted octanol–water partition coefficient (Wildman–Crippen LogP) is 2.46. The Balaban J connectivity index is 2.69. The van der Waals surface area contributed by atoms with Crippen molar-refractivity contribution in [2.75, 3.05) is 20.2 Å². The molecule has 0 bridgehead atoms. The number of hydrogen-bond donors (Lipinski definition) is 1. The zero-order valence-corrected chi connectivity index (χ0v) is 13.8. The molecule has 0 spiro atoms. The molecule has 4 nitrogen and oxygen atoms in total. The van der Waals surface area contributed by atoms with Crippen LogP contribution in [0.15, 0.2) is 24.3 Å². The summed E-state index contributed by atoms with van der Waals surface area (Å²) in [6.07, 6.45) is 0.818. The summed E-state index contributed by atoms with van der Waals surface area (Å²) in [5, 5.41) is 0. The molecule has 0 radical (unpaired) electrons. The molecule has 0 fully saturated rings. The van der Waals surface area contributed by atoms with E-state index < -0.39 is 6.04 Å². The summed E-state index contributed by atoms with van der Waals surface area (Å²) >= 11 is 0. The molecule has 0 heterocycles. The van der Waals surface area contributed by atoms with Crippen LogP contribution < -0.4 is 10.5 Å². The number of ether oxygens (including phenoxy) is 1. The zero-order chi connectivity index (χ0) is 16.0. The SMILES string of the molecule is COc1ccc(CCN(CC(C)(C)C)C(=O)[C@H](C)N)cc1. The molecule has 118 valence electrons. The third-order valence-corrected chi connectivity index (χ3v) is 3.20. The first-order valence-electron chi connectivity index (χ1n) is 7.40. The summed E-state index contributed by atoms with van der Waals surface area (Å²) in [6.45, 7) is 9.52. The zero-order valence-electron chi connectivity index (χ0n) is 13.8. The summed E-state index contributed by atoms with van der Waals surface area (Å²) in [5.41, 5.74) is 7.00. The lowest BCUT2D eigenvalue weighted by Gasteiger charge is -2.31. The van der Waals surface area contributed by atoms with Crippen molar-refractivity contribution < 1.29 is 9.53 Å². The Kier molecular flexibility index (Phi) is 6.21. The van der Waals surface area contributed by atoms with E-state index in [0.717, 1.165) is 12.2 Å². The van der Waals surface area contributed by atoms with Crippen LogP contribution in [0.4, 0.5) is 0 Å². The molecule has 21 heavy (non-hydrogen) atoms. The molecule has 1 aromatic carbocycles. The fourth-order valence-corrected chi connectivity index (χ4v) is 2.18. The average molecular weight is 292 g/mol. The first-order chi connectivity index (χ1) is 9.73. The van der Waals surface area contributed by atoms with Gasteiger partial charge in [-0.25, -0.2) is 0 Å². The second-order valence-electron chi connectivity index (χ2n) is 6.71. The molecule has 1 atom stereocenters. The Morgan fingerprint density at radius 1 is 1.29 bits per heavy atom. The maximum absolute atomic E-state index is 12.2. The molecule has 0 aliphatic rings. The molecular weight excluding hydrogens is 264 g/mol. The lowest BCUT2D eigenvalue weighted by Crippen LogP contribution is -2.46. The van der Waals surface area contributed by atoms with Gasteiger partial charge in [-0.2, -0.15) is 0 Å². The van der Waals surface area contributed by atoms with Crippen molar-refractivity contribution in [2.24, 2.45) is 11.1 Å². The molecule has 0 aliphatic heterocycles. The van der Waals surface area contributed by atoms with Crippen molar-refractivity contribution >= 4 is 5.91 Å². The van der Waals surface area contributed by atoms with Gasteiger partial charge in [0.15, 0.2) is 0 Å². The summed E-state index contributed by atoms with van der Waals surface area (Å²) in [7, 11) is 1.65. The molecule has 4 heteroatoms. The van der Waals surface area contributed by atoms with Crippen LogP contribution in [0.25, 0.3) is 0 Å². The fourth-order valence-electron chi connectivity index (χ4n) is 2.18. The van der Waals surface area contributed by atoms with E-state index in [9.17, 15) is 4.79 Å². The van der Waals surface area contributed by atoms with Crippen molar-refractivity contribution in [3.63, 3.8) is 0 Å². The number of carbonyl (C=O) groups is 1. The van der Waals surface area contributed by atoms with E-state index in [2.05, 4.69) is 20.8 Å². The van der Waals surface area contributed by atoms with E-state index in [1.807, 2.05) is 29.2 Å². The molecule has 1 amide bonds.